The van der Waals surface area contributed by atoms with Crippen LogP contribution in [-0.2, 0) is 24.1 Å². The van der Waals surface area contributed by atoms with Crippen molar-refractivity contribution < 1.29 is 9.53 Å². The van der Waals surface area contributed by atoms with Gasteiger partial charge in [0.2, 0.25) is 0 Å². The van der Waals surface area contributed by atoms with E-state index in [0.29, 0.717) is 16.7 Å². The Morgan fingerprint density at radius 1 is 1.37 bits per heavy atom. The van der Waals surface area contributed by atoms with Crippen LogP contribution < -0.4 is 15.5 Å². The number of ether oxygens (including phenoxy) is 1. The lowest BCUT2D eigenvalue weighted by atomic mass is 9.91. The molecular formula is C25H30ClN7O2. The maximum atomic E-state index is 12.9. The smallest absolute Gasteiger partial charge is 0.272 e. The third kappa shape index (κ3) is 3.86. The van der Waals surface area contributed by atoms with E-state index in [1.54, 1.807) is 6.07 Å². The van der Waals surface area contributed by atoms with Gasteiger partial charge in [-0.3, -0.25) is 4.79 Å². The second-order valence-corrected chi connectivity index (χ2v) is 10.2. The molecule has 2 aliphatic heterocycles. The molecule has 3 aromatic rings. The largest absolute Gasteiger partial charge is 0.375 e. The second-order valence-electron chi connectivity index (χ2n) is 9.82. The van der Waals surface area contributed by atoms with E-state index < -0.39 is 0 Å². The minimum absolute atomic E-state index is 0.0305. The van der Waals surface area contributed by atoms with Gasteiger partial charge in [-0.15, -0.1) is 10.2 Å². The highest BCUT2D eigenvalue weighted by Crippen LogP contribution is 2.35. The fourth-order valence-electron chi connectivity index (χ4n) is 5.88. The zero-order valence-corrected chi connectivity index (χ0v) is 20.8. The Bertz CT molecular complexity index is 1290. The number of fused-ring (bicyclic) bond motifs is 3. The lowest BCUT2D eigenvalue weighted by molar-refractivity contribution is 0.00766. The lowest BCUT2D eigenvalue weighted by Gasteiger charge is -2.28. The number of hydrogen-bond acceptors (Lipinski definition) is 7. The van der Waals surface area contributed by atoms with Gasteiger partial charge in [-0.1, -0.05) is 17.7 Å². The number of nitrogens with zero attached hydrogens (tertiary/aromatic N) is 5. The van der Waals surface area contributed by atoms with Crippen LogP contribution in [0.25, 0.3) is 11.0 Å². The molecule has 3 unspecified atom stereocenters. The summed E-state index contributed by atoms with van der Waals surface area (Å²) in [4.78, 5) is 20.3. The third-order valence-corrected chi connectivity index (χ3v) is 8.20. The minimum atomic E-state index is -0.223. The summed E-state index contributed by atoms with van der Waals surface area (Å²) in [5.74, 6) is 0.789. The molecule has 0 saturated carbocycles. The number of amides is 1. The van der Waals surface area contributed by atoms with E-state index in [-0.39, 0.29) is 23.2 Å². The summed E-state index contributed by atoms with van der Waals surface area (Å²) in [7, 11) is 1.82. The molecule has 35 heavy (non-hydrogen) atoms. The summed E-state index contributed by atoms with van der Waals surface area (Å²) < 4.78 is 7.84. The van der Waals surface area contributed by atoms with E-state index >= 15 is 0 Å². The van der Waals surface area contributed by atoms with Gasteiger partial charge in [-0.2, -0.15) is 0 Å². The summed E-state index contributed by atoms with van der Waals surface area (Å²) in [5, 5.41) is 16.4. The molecule has 1 aliphatic carbocycles. The summed E-state index contributed by atoms with van der Waals surface area (Å²) in [5.41, 5.74) is 3.18. The average molecular weight is 496 g/mol. The Balaban J connectivity index is 1.13. The zero-order chi connectivity index (χ0) is 24.2. The standard InChI is InChI=1S/C25H30ClN7O2/c1-3-32-12-18(26)17-11-20(30-31-23(17)32)24(34)28-16-5-6-19-15(10-16)4-7-22(29-19)33-13-21-25(14-33,35-2)8-9-27-21/h4,7,11-12,16,21,27H,3,5-6,8-10,13-14H2,1-2H3,(H,28,34). The Morgan fingerprint density at radius 3 is 3.06 bits per heavy atom. The maximum absolute atomic E-state index is 12.9. The molecule has 10 heteroatoms. The molecule has 2 saturated heterocycles. The quantitative estimate of drug-likeness (QED) is 0.560. The van der Waals surface area contributed by atoms with Crippen LogP contribution in [0.4, 0.5) is 5.82 Å². The third-order valence-electron chi connectivity index (χ3n) is 7.90. The van der Waals surface area contributed by atoms with Crippen molar-refractivity contribution in [2.75, 3.05) is 31.6 Å². The molecule has 2 fully saturated rings. The van der Waals surface area contributed by atoms with E-state index in [2.05, 4.69) is 37.9 Å². The Labute approximate surface area is 209 Å². The number of rotatable bonds is 5. The van der Waals surface area contributed by atoms with Gasteiger partial charge in [0.1, 0.15) is 11.4 Å². The first-order chi connectivity index (χ1) is 17.0. The van der Waals surface area contributed by atoms with E-state index in [4.69, 9.17) is 21.3 Å². The van der Waals surface area contributed by atoms with Gasteiger partial charge in [0.25, 0.3) is 5.91 Å². The topological polar surface area (TPSA) is 97.2 Å². The number of anilines is 1. The number of nitrogens with one attached hydrogen (secondary N) is 2. The number of carbonyl (C=O) groups excluding carboxylic acids is 1. The molecule has 3 aliphatic rings. The van der Waals surface area contributed by atoms with Gasteiger partial charge >= 0.3 is 0 Å². The highest BCUT2D eigenvalue weighted by atomic mass is 35.5. The average Bonchev–Trinajstić information content (AvgIpc) is 3.54. The van der Waals surface area contributed by atoms with Gasteiger partial charge in [-0.25, -0.2) is 4.98 Å². The minimum Gasteiger partial charge on any atom is -0.375 e. The first-order valence-electron chi connectivity index (χ1n) is 12.3. The molecule has 0 radical (unpaired) electrons. The molecule has 3 atom stereocenters. The Hall–Kier alpha value is -2.75. The van der Waals surface area contributed by atoms with E-state index in [0.717, 1.165) is 68.8 Å². The normalized spacial score (nSPS) is 25.6. The van der Waals surface area contributed by atoms with Crippen LogP contribution in [-0.4, -0.2) is 70.1 Å². The number of hydrogen-bond donors (Lipinski definition) is 2. The van der Waals surface area contributed by atoms with E-state index in [9.17, 15) is 4.79 Å². The predicted molar refractivity (Wildman–Crippen MR) is 134 cm³/mol. The maximum Gasteiger partial charge on any atom is 0.272 e. The highest BCUT2D eigenvalue weighted by Gasteiger charge is 2.50. The molecule has 2 N–H and O–H groups in total. The van der Waals surface area contributed by atoms with Crippen LogP contribution in [0.1, 0.15) is 41.5 Å². The summed E-state index contributed by atoms with van der Waals surface area (Å²) in [6.45, 7) is 5.54. The van der Waals surface area contributed by atoms with Gasteiger partial charge in [0.05, 0.1) is 17.6 Å². The van der Waals surface area contributed by atoms with Crippen molar-refractivity contribution in [3.63, 3.8) is 0 Å². The van der Waals surface area contributed by atoms with E-state index in [1.165, 1.54) is 5.56 Å². The molecule has 5 heterocycles. The van der Waals surface area contributed by atoms with Gasteiger partial charge < -0.3 is 24.8 Å². The SMILES string of the molecule is CCn1cc(Cl)c2cc(C(=O)NC3CCc4nc(N5CC6NCCC6(OC)C5)ccc4C3)nnc21. The monoisotopic (exact) mass is 495 g/mol. The number of aryl methyl sites for hydroxylation is 2. The lowest BCUT2D eigenvalue weighted by Crippen LogP contribution is -2.42. The summed E-state index contributed by atoms with van der Waals surface area (Å²) >= 11 is 6.34. The molecule has 3 aromatic heterocycles. The number of aromatic nitrogens is 4. The highest BCUT2D eigenvalue weighted by molar-refractivity contribution is 6.35. The molecule has 6 rings (SSSR count). The van der Waals surface area contributed by atoms with Crippen molar-refractivity contribution in [1.82, 2.24) is 30.4 Å². The van der Waals surface area contributed by atoms with E-state index in [1.807, 2.05) is 24.8 Å². The second kappa shape index (κ2) is 8.72. The van der Waals surface area contributed by atoms with Crippen LogP contribution >= 0.6 is 11.6 Å². The van der Waals surface area contributed by atoms with Crippen LogP contribution in [0.15, 0.2) is 24.4 Å². The van der Waals surface area contributed by atoms with Crippen LogP contribution in [0.5, 0.6) is 0 Å². The van der Waals surface area contributed by atoms with Crippen molar-refractivity contribution >= 4 is 34.4 Å². The number of carbonyl (C=O) groups is 1. The molecule has 9 nitrogen and oxygen atoms in total. The fraction of sp³-hybridized carbons (Fsp3) is 0.520. The van der Waals surface area contributed by atoms with Gasteiger partial charge in [0, 0.05) is 43.5 Å². The number of halogens is 1. The van der Waals surface area contributed by atoms with Crippen molar-refractivity contribution in [3.05, 3.63) is 46.4 Å². The summed E-state index contributed by atoms with van der Waals surface area (Å²) in [6, 6.07) is 6.37. The van der Waals surface area contributed by atoms with Crippen LogP contribution in [0.3, 0.4) is 0 Å². The molecule has 0 bridgehead atoms. The molecule has 184 valence electrons. The van der Waals surface area contributed by atoms with Crippen molar-refractivity contribution in [2.24, 2.45) is 0 Å². The van der Waals surface area contributed by atoms with Crippen molar-refractivity contribution in [3.8, 4) is 0 Å². The number of pyridine rings is 1. The molecule has 0 spiro atoms. The van der Waals surface area contributed by atoms with Gasteiger partial charge in [-0.05, 0) is 56.8 Å². The Kier molecular flexibility index (Phi) is 5.66. The van der Waals surface area contributed by atoms with Crippen LogP contribution in [0, 0.1) is 0 Å². The predicted octanol–water partition coefficient (Wildman–Crippen LogP) is 2.35. The molecular weight excluding hydrogens is 466 g/mol. The van der Waals surface area contributed by atoms with Crippen LogP contribution in [0.2, 0.25) is 5.02 Å². The number of methoxy groups -OCH3 is 1. The van der Waals surface area contributed by atoms with Crippen molar-refractivity contribution in [2.45, 2.75) is 56.8 Å². The van der Waals surface area contributed by atoms with Gasteiger partial charge in [0.15, 0.2) is 11.3 Å². The zero-order valence-electron chi connectivity index (χ0n) is 20.1. The molecule has 0 aromatic carbocycles. The first kappa shape index (κ1) is 22.7. The summed E-state index contributed by atoms with van der Waals surface area (Å²) in [6.07, 6.45) is 5.27. The first-order valence-corrected chi connectivity index (χ1v) is 12.7. The van der Waals surface area contributed by atoms with Crippen molar-refractivity contribution in [1.29, 1.82) is 0 Å². The fourth-order valence-corrected chi connectivity index (χ4v) is 6.14. The Morgan fingerprint density at radius 2 is 2.26 bits per heavy atom. The molecule has 1 amide bonds.